The van der Waals surface area contributed by atoms with Crippen molar-refractivity contribution in [3.05, 3.63) is 81.9 Å². The highest BCUT2D eigenvalue weighted by Gasteiger charge is 2.32. The van der Waals surface area contributed by atoms with E-state index in [9.17, 15) is 20.4 Å². The SMILES string of the molecule is Cc1cc(C(C)(C)c2cc(O)c(C(C)(C)c3ccc(O)c(C)c3)cc2O)ccc1O. The lowest BCUT2D eigenvalue weighted by atomic mass is 9.73. The Morgan fingerprint density at radius 3 is 1.13 bits per heavy atom. The summed E-state index contributed by atoms with van der Waals surface area (Å²) in [6, 6.07) is 14.0. The van der Waals surface area contributed by atoms with Gasteiger partial charge < -0.3 is 20.4 Å². The maximum atomic E-state index is 10.9. The van der Waals surface area contributed by atoms with Gasteiger partial charge in [0.15, 0.2) is 0 Å². The number of phenolic OH excluding ortho intramolecular Hbond substituents is 4. The number of aryl methyl sites for hydroxylation is 2. The van der Waals surface area contributed by atoms with Crippen LogP contribution >= 0.6 is 0 Å². The van der Waals surface area contributed by atoms with Crippen LogP contribution in [0.2, 0.25) is 0 Å². The number of phenols is 4. The molecule has 0 amide bonds. The third kappa shape index (κ3) is 3.58. The maximum absolute atomic E-state index is 10.9. The number of aromatic hydroxyl groups is 4. The Morgan fingerprint density at radius 2 is 0.833 bits per heavy atom. The summed E-state index contributed by atoms with van der Waals surface area (Å²) in [5.41, 5.74) is 3.39. The standard InChI is InChI=1S/C26H30O4/c1-15-11-17(7-9-21(15)27)25(3,4)19-13-24(30)20(14-23(19)29)26(5,6)18-8-10-22(28)16(2)12-18/h7-14,27-30H,1-6H3. The first-order valence-electron chi connectivity index (χ1n) is 10.0. The smallest absolute Gasteiger partial charge is 0.120 e. The van der Waals surface area contributed by atoms with Crippen molar-refractivity contribution in [3.8, 4) is 23.0 Å². The molecule has 4 N–H and O–H groups in total. The van der Waals surface area contributed by atoms with E-state index in [2.05, 4.69) is 0 Å². The summed E-state index contributed by atoms with van der Waals surface area (Å²) in [6.45, 7) is 11.6. The molecule has 158 valence electrons. The van der Waals surface area contributed by atoms with Gasteiger partial charge in [0.05, 0.1) is 0 Å². The number of hydrogen-bond acceptors (Lipinski definition) is 4. The summed E-state index contributed by atoms with van der Waals surface area (Å²) in [7, 11) is 0. The highest BCUT2D eigenvalue weighted by molar-refractivity contribution is 5.57. The predicted octanol–water partition coefficient (Wildman–Crippen LogP) is 5.78. The van der Waals surface area contributed by atoms with Gasteiger partial charge in [-0.15, -0.1) is 0 Å². The Kier molecular flexibility index (Phi) is 5.23. The molecule has 0 unspecified atom stereocenters. The van der Waals surface area contributed by atoms with Crippen molar-refractivity contribution < 1.29 is 20.4 Å². The van der Waals surface area contributed by atoms with Gasteiger partial charge in [0.25, 0.3) is 0 Å². The molecule has 4 nitrogen and oxygen atoms in total. The molecule has 0 aromatic heterocycles. The molecule has 0 radical (unpaired) electrons. The monoisotopic (exact) mass is 406 g/mol. The molecule has 30 heavy (non-hydrogen) atoms. The largest absolute Gasteiger partial charge is 0.508 e. The van der Waals surface area contributed by atoms with Gasteiger partial charge in [0.1, 0.15) is 23.0 Å². The van der Waals surface area contributed by atoms with E-state index in [-0.39, 0.29) is 23.0 Å². The van der Waals surface area contributed by atoms with E-state index in [1.165, 1.54) is 0 Å². The van der Waals surface area contributed by atoms with Crippen molar-refractivity contribution in [2.45, 2.75) is 52.4 Å². The van der Waals surface area contributed by atoms with E-state index in [0.717, 1.165) is 22.3 Å². The third-order valence-electron chi connectivity index (χ3n) is 6.30. The Labute approximate surface area is 178 Å². The number of benzene rings is 3. The highest BCUT2D eigenvalue weighted by Crippen LogP contribution is 2.45. The quantitative estimate of drug-likeness (QED) is 0.414. The molecule has 0 bridgehead atoms. The molecular weight excluding hydrogens is 376 g/mol. The summed E-state index contributed by atoms with van der Waals surface area (Å²) >= 11 is 0. The van der Waals surface area contributed by atoms with E-state index in [0.29, 0.717) is 11.1 Å². The van der Waals surface area contributed by atoms with Crippen molar-refractivity contribution >= 4 is 0 Å². The summed E-state index contributed by atoms with van der Waals surface area (Å²) in [4.78, 5) is 0. The highest BCUT2D eigenvalue weighted by atomic mass is 16.3. The molecule has 3 aromatic carbocycles. The fourth-order valence-electron chi connectivity index (χ4n) is 3.98. The minimum absolute atomic E-state index is 0.0992. The molecule has 0 saturated carbocycles. The van der Waals surface area contributed by atoms with E-state index in [4.69, 9.17) is 0 Å². The van der Waals surface area contributed by atoms with Gasteiger partial charge in [0.2, 0.25) is 0 Å². The Hall–Kier alpha value is -3.14. The normalized spacial score (nSPS) is 12.2. The van der Waals surface area contributed by atoms with Gasteiger partial charge in [-0.1, -0.05) is 52.0 Å². The Bertz CT molecular complexity index is 1020. The van der Waals surface area contributed by atoms with Crippen molar-refractivity contribution in [1.29, 1.82) is 0 Å². The first-order chi connectivity index (χ1) is 13.9. The second-order valence-electron chi connectivity index (χ2n) is 9.14. The Morgan fingerprint density at radius 1 is 0.500 bits per heavy atom. The van der Waals surface area contributed by atoms with Crippen LogP contribution in [-0.2, 0) is 10.8 Å². The van der Waals surface area contributed by atoms with Gasteiger partial charge in [-0.2, -0.15) is 0 Å². The average Bonchev–Trinajstić information content (AvgIpc) is 2.67. The van der Waals surface area contributed by atoms with Crippen molar-refractivity contribution in [2.75, 3.05) is 0 Å². The first kappa shape index (κ1) is 21.6. The van der Waals surface area contributed by atoms with Crippen molar-refractivity contribution in [3.63, 3.8) is 0 Å². The Balaban J connectivity index is 2.10. The molecule has 0 spiro atoms. The topological polar surface area (TPSA) is 80.9 Å². The van der Waals surface area contributed by atoms with Crippen LogP contribution in [0.15, 0.2) is 48.5 Å². The molecule has 0 aliphatic carbocycles. The van der Waals surface area contributed by atoms with Gasteiger partial charge in [-0.3, -0.25) is 0 Å². The van der Waals surface area contributed by atoms with E-state index in [1.807, 2.05) is 65.8 Å². The van der Waals surface area contributed by atoms with Crippen molar-refractivity contribution in [2.24, 2.45) is 0 Å². The summed E-state index contributed by atoms with van der Waals surface area (Å²) in [5, 5.41) is 41.6. The molecular formula is C26H30O4. The molecule has 0 aliphatic heterocycles. The first-order valence-corrected chi connectivity index (χ1v) is 10.0. The molecule has 0 heterocycles. The number of rotatable bonds is 4. The zero-order valence-corrected chi connectivity index (χ0v) is 18.4. The maximum Gasteiger partial charge on any atom is 0.120 e. The lowest BCUT2D eigenvalue weighted by Crippen LogP contribution is -2.22. The summed E-state index contributed by atoms with van der Waals surface area (Å²) < 4.78 is 0. The van der Waals surface area contributed by atoms with Crippen LogP contribution in [0.25, 0.3) is 0 Å². The molecule has 0 fully saturated rings. The molecule has 0 saturated heterocycles. The zero-order chi connectivity index (χ0) is 22.4. The van der Waals surface area contributed by atoms with Gasteiger partial charge in [-0.25, -0.2) is 0 Å². The van der Waals surface area contributed by atoms with Crippen LogP contribution in [0.1, 0.15) is 61.1 Å². The second kappa shape index (κ2) is 7.28. The van der Waals surface area contributed by atoms with E-state index >= 15 is 0 Å². The van der Waals surface area contributed by atoms with Crippen LogP contribution in [0.4, 0.5) is 0 Å². The molecule has 3 rings (SSSR count). The fourth-order valence-corrected chi connectivity index (χ4v) is 3.98. The lowest BCUT2D eigenvalue weighted by molar-refractivity contribution is 0.426. The third-order valence-corrected chi connectivity index (χ3v) is 6.30. The van der Waals surface area contributed by atoms with Gasteiger partial charge in [-0.05, 0) is 60.4 Å². The van der Waals surface area contributed by atoms with Gasteiger partial charge in [0, 0.05) is 22.0 Å². The minimum Gasteiger partial charge on any atom is -0.508 e. The summed E-state index contributed by atoms with van der Waals surface area (Å²) in [5.74, 6) is 0.648. The molecule has 0 aliphatic rings. The van der Waals surface area contributed by atoms with Crippen LogP contribution in [0, 0.1) is 13.8 Å². The van der Waals surface area contributed by atoms with Crippen LogP contribution in [0.3, 0.4) is 0 Å². The fraction of sp³-hybridized carbons (Fsp3) is 0.308. The van der Waals surface area contributed by atoms with Crippen LogP contribution < -0.4 is 0 Å². The second-order valence-corrected chi connectivity index (χ2v) is 9.14. The van der Waals surface area contributed by atoms with Gasteiger partial charge >= 0.3 is 0 Å². The molecule has 3 aromatic rings. The van der Waals surface area contributed by atoms with Crippen LogP contribution in [0.5, 0.6) is 23.0 Å². The lowest BCUT2D eigenvalue weighted by Gasteiger charge is -2.31. The van der Waals surface area contributed by atoms with Crippen LogP contribution in [-0.4, -0.2) is 20.4 Å². The predicted molar refractivity (Wildman–Crippen MR) is 120 cm³/mol. The number of hydrogen-bond donors (Lipinski definition) is 4. The summed E-state index contributed by atoms with van der Waals surface area (Å²) in [6.07, 6.45) is 0. The molecule has 0 atom stereocenters. The minimum atomic E-state index is -0.585. The van der Waals surface area contributed by atoms with E-state index in [1.54, 1.807) is 24.3 Å². The van der Waals surface area contributed by atoms with E-state index < -0.39 is 10.8 Å². The molecule has 4 heteroatoms. The van der Waals surface area contributed by atoms with Crippen molar-refractivity contribution in [1.82, 2.24) is 0 Å². The zero-order valence-electron chi connectivity index (χ0n) is 18.4. The average molecular weight is 407 g/mol.